The molecule has 6 heteroatoms. The molecule has 0 aliphatic heterocycles. The van der Waals surface area contributed by atoms with E-state index in [0.717, 1.165) is 11.1 Å². The Hall–Kier alpha value is -3.54. The van der Waals surface area contributed by atoms with Crippen molar-refractivity contribution in [2.45, 2.75) is 31.3 Å². The Morgan fingerprint density at radius 2 is 1.90 bits per heavy atom. The number of amides is 2. The Bertz CT molecular complexity index is 1040. The second-order valence-corrected chi connectivity index (χ2v) is 7.36. The summed E-state index contributed by atoms with van der Waals surface area (Å²) in [6.45, 7) is 0. The van der Waals surface area contributed by atoms with E-state index in [1.807, 2.05) is 18.2 Å². The van der Waals surface area contributed by atoms with Crippen LogP contribution in [0.25, 0.3) is 0 Å². The average Bonchev–Trinajstić information content (AvgIpc) is 3.18. The molecule has 30 heavy (non-hydrogen) atoms. The maximum atomic E-state index is 14.0. The molecule has 1 heterocycles. The van der Waals surface area contributed by atoms with Crippen molar-refractivity contribution in [2.75, 3.05) is 0 Å². The zero-order valence-corrected chi connectivity index (χ0v) is 16.3. The summed E-state index contributed by atoms with van der Waals surface area (Å²) >= 11 is 0. The van der Waals surface area contributed by atoms with Gasteiger partial charge in [0.1, 0.15) is 11.9 Å². The molecule has 1 aromatic heterocycles. The number of nitrogens with one attached hydrogen (secondary N) is 2. The number of rotatable bonds is 6. The van der Waals surface area contributed by atoms with Gasteiger partial charge in [-0.2, -0.15) is 0 Å². The highest BCUT2D eigenvalue weighted by atomic mass is 19.1. The van der Waals surface area contributed by atoms with Crippen LogP contribution in [0.5, 0.6) is 0 Å². The molecule has 0 spiro atoms. The number of halogens is 1. The van der Waals surface area contributed by atoms with Crippen molar-refractivity contribution in [3.63, 3.8) is 0 Å². The third-order valence-electron chi connectivity index (χ3n) is 5.35. The van der Waals surface area contributed by atoms with Gasteiger partial charge in [-0.05, 0) is 53.8 Å². The zero-order chi connectivity index (χ0) is 20.9. The largest absolute Gasteiger partial charge is 0.347 e. The average molecular weight is 403 g/mol. The standard InChI is InChI=1S/C24H22FN3O2/c25-20-10-4-9-19-18(20)11-12-21(19)27-24(30)22(14-16-6-5-13-26-15-16)28-23(29)17-7-2-1-3-8-17/h1-10,13,15,21-22H,11-12,14H2,(H,27,30)(H,28,29). The minimum Gasteiger partial charge on any atom is -0.347 e. The number of hydrogen-bond donors (Lipinski definition) is 2. The first-order valence-electron chi connectivity index (χ1n) is 9.94. The van der Waals surface area contributed by atoms with Gasteiger partial charge in [0.25, 0.3) is 5.91 Å². The molecule has 0 saturated carbocycles. The lowest BCUT2D eigenvalue weighted by atomic mass is 10.0. The molecule has 1 aliphatic rings. The monoisotopic (exact) mass is 403 g/mol. The van der Waals surface area contributed by atoms with Crippen LogP contribution in [-0.4, -0.2) is 22.8 Å². The first-order valence-corrected chi connectivity index (χ1v) is 9.94. The molecule has 152 valence electrons. The van der Waals surface area contributed by atoms with Crippen LogP contribution in [0.3, 0.4) is 0 Å². The van der Waals surface area contributed by atoms with Crippen LogP contribution in [-0.2, 0) is 17.6 Å². The van der Waals surface area contributed by atoms with Crippen LogP contribution >= 0.6 is 0 Å². The lowest BCUT2D eigenvalue weighted by Gasteiger charge is -2.22. The number of carbonyl (C=O) groups is 2. The Labute approximate surface area is 174 Å². The summed E-state index contributed by atoms with van der Waals surface area (Å²) in [6, 6.07) is 16.3. The molecule has 1 aliphatic carbocycles. The molecule has 2 atom stereocenters. The summed E-state index contributed by atoms with van der Waals surface area (Å²) < 4.78 is 14.0. The van der Waals surface area contributed by atoms with Crippen molar-refractivity contribution < 1.29 is 14.0 Å². The third-order valence-corrected chi connectivity index (χ3v) is 5.35. The Kier molecular flexibility index (Phi) is 5.84. The fourth-order valence-corrected chi connectivity index (χ4v) is 3.83. The van der Waals surface area contributed by atoms with Crippen LogP contribution in [0, 0.1) is 5.82 Å². The normalized spacial score (nSPS) is 15.8. The molecule has 2 N–H and O–H groups in total. The number of pyridine rings is 1. The second-order valence-electron chi connectivity index (χ2n) is 7.36. The van der Waals surface area contributed by atoms with Crippen LogP contribution in [0.2, 0.25) is 0 Å². The van der Waals surface area contributed by atoms with Crippen molar-refractivity contribution in [1.29, 1.82) is 0 Å². The van der Waals surface area contributed by atoms with Gasteiger partial charge in [-0.25, -0.2) is 4.39 Å². The topological polar surface area (TPSA) is 71.1 Å². The van der Waals surface area contributed by atoms with E-state index in [-0.39, 0.29) is 23.7 Å². The molecule has 3 aromatic rings. The number of hydrogen-bond acceptors (Lipinski definition) is 3. The number of nitrogens with zero attached hydrogens (tertiary/aromatic N) is 1. The smallest absolute Gasteiger partial charge is 0.251 e. The molecule has 2 amide bonds. The van der Waals surface area contributed by atoms with Gasteiger partial charge in [0.15, 0.2) is 0 Å². The van der Waals surface area contributed by atoms with Crippen molar-refractivity contribution in [1.82, 2.24) is 15.6 Å². The molecule has 2 unspecified atom stereocenters. The summed E-state index contributed by atoms with van der Waals surface area (Å²) in [5.74, 6) is -0.865. The minimum atomic E-state index is -0.778. The number of carbonyl (C=O) groups excluding carboxylic acids is 2. The summed E-state index contributed by atoms with van der Waals surface area (Å²) in [5.41, 5.74) is 2.77. The van der Waals surface area contributed by atoms with Crippen LogP contribution < -0.4 is 10.6 Å². The van der Waals surface area contributed by atoms with E-state index < -0.39 is 6.04 Å². The lowest BCUT2D eigenvalue weighted by molar-refractivity contribution is -0.123. The minimum absolute atomic E-state index is 0.242. The quantitative estimate of drug-likeness (QED) is 0.663. The van der Waals surface area contributed by atoms with Gasteiger partial charge in [-0.15, -0.1) is 0 Å². The summed E-state index contributed by atoms with van der Waals surface area (Å²) in [7, 11) is 0. The fourth-order valence-electron chi connectivity index (χ4n) is 3.83. The molecule has 4 rings (SSSR count). The fraction of sp³-hybridized carbons (Fsp3) is 0.208. The van der Waals surface area contributed by atoms with E-state index in [0.29, 0.717) is 30.4 Å². The van der Waals surface area contributed by atoms with E-state index in [9.17, 15) is 14.0 Å². The Morgan fingerprint density at radius 1 is 1.07 bits per heavy atom. The van der Waals surface area contributed by atoms with E-state index in [1.54, 1.807) is 48.8 Å². The van der Waals surface area contributed by atoms with Crippen molar-refractivity contribution in [3.8, 4) is 0 Å². The third kappa shape index (κ3) is 4.38. The van der Waals surface area contributed by atoms with Crippen LogP contribution in [0.15, 0.2) is 73.1 Å². The van der Waals surface area contributed by atoms with Crippen molar-refractivity contribution >= 4 is 11.8 Å². The Morgan fingerprint density at radius 3 is 2.67 bits per heavy atom. The van der Waals surface area contributed by atoms with E-state index >= 15 is 0 Å². The molecule has 0 saturated heterocycles. The van der Waals surface area contributed by atoms with Gasteiger partial charge in [0.05, 0.1) is 6.04 Å². The molecular weight excluding hydrogens is 381 g/mol. The van der Waals surface area contributed by atoms with Crippen LogP contribution in [0.1, 0.15) is 39.5 Å². The van der Waals surface area contributed by atoms with Gasteiger partial charge in [-0.1, -0.05) is 36.4 Å². The maximum absolute atomic E-state index is 14.0. The zero-order valence-electron chi connectivity index (χ0n) is 16.3. The number of fused-ring (bicyclic) bond motifs is 1. The summed E-state index contributed by atoms with van der Waals surface area (Å²) in [5, 5.41) is 5.84. The number of aromatic nitrogens is 1. The summed E-state index contributed by atoms with van der Waals surface area (Å²) in [4.78, 5) is 29.9. The first kappa shape index (κ1) is 19.8. The molecule has 0 bridgehead atoms. The predicted octanol–water partition coefficient (Wildman–Crippen LogP) is 3.37. The van der Waals surface area contributed by atoms with Crippen molar-refractivity contribution in [3.05, 3.63) is 101 Å². The highest BCUT2D eigenvalue weighted by molar-refractivity contribution is 5.97. The molecule has 2 aromatic carbocycles. The lowest BCUT2D eigenvalue weighted by Crippen LogP contribution is -2.48. The van der Waals surface area contributed by atoms with Crippen LogP contribution in [0.4, 0.5) is 4.39 Å². The highest BCUT2D eigenvalue weighted by Crippen LogP contribution is 2.32. The predicted molar refractivity (Wildman–Crippen MR) is 111 cm³/mol. The SMILES string of the molecule is O=C(NC(Cc1cccnc1)C(=O)NC1CCc2c(F)cccc21)c1ccccc1. The highest BCUT2D eigenvalue weighted by Gasteiger charge is 2.29. The van der Waals surface area contributed by atoms with Gasteiger partial charge in [0.2, 0.25) is 5.91 Å². The van der Waals surface area contributed by atoms with E-state index in [2.05, 4.69) is 15.6 Å². The second kappa shape index (κ2) is 8.86. The van der Waals surface area contributed by atoms with Gasteiger partial charge >= 0.3 is 0 Å². The number of benzene rings is 2. The van der Waals surface area contributed by atoms with E-state index in [1.165, 1.54) is 6.07 Å². The first-order chi connectivity index (χ1) is 14.6. The molecular formula is C24H22FN3O2. The molecule has 0 fully saturated rings. The van der Waals surface area contributed by atoms with Crippen molar-refractivity contribution in [2.24, 2.45) is 0 Å². The summed E-state index contributed by atoms with van der Waals surface area (Å²) in [6.07, 6.45) is 4.85. The van der Waals surface area contributed by atoms with Gasteiger partial charge in [0, 0.05) is 24.4 Å². The van der Waals surface area contributed by atoms with Gasteiger partial charge < -0.3 is 10.6 Å². The molecule has 5 nitrogen and oxygen atoms in total. The van der Waals surface area contributed by atoms with E-state index in [4.69, 9.17) is 0 Å². The molecule has 0 radical (unpaired) electrons. The maximum Gasteiger partial charge on any atom is 0.251 e. The van der Waals surface area contributed by atoms with Gasteiger partial charge in [-0.3, -0.25) is 14.6 Å². The Balaban J connectivity index is 1.52.